The van der Waals surface area contributed by atoms with Crippen LogP contribution in [-0.4, -0.2) is 29.6 Å². The van der Waals surface area contributed by atoms with Gasteiger partial charge in [-0.05, 0) is 24.6 Å². The summed E-state index contributed by atoms with van der Waals surface area (Å²) in [6.45, 7) is 1.62. The molecule has 0 bridgehead atoms. The number of hydrogen-bond donors (Lipinski definition) is 3. The Kier molecular flexibility index (Phi) is 5.80. The van der Waals surface area contributed by atoms with Crippen molar-refractivity contribution in [2.75, 3.05) is 11.9 Å². The Morgan fingerprint density at radius 2 is 2.11 bits per heavy atom. The van der Waals surface area contributed by atoms with E-state index >= 15 is 0 Å². The molecular formula is C12H15BrN2O3. The van der Waals surface area contributed by atoms with Crippen molar-refractivity contribution < 1.29 is 14.7 Å². The second-order valence-electron chi connectivity index (χ2n) is 3.73. The molecule has 98 valence electrons. The minimum atomic E-state index is -0.754. The average Bonchev–Trinajstić information content (AvgIpc) is 2.35. The van der Waals surface area contributed by atoms with Crippen LogP contribution in [0.15, 0.2) is 28.7 Å². The van der Waals surface area contributed by atoms with Gasteiger partial charge in [0.05, 0.1) is 12.6 Å². The van der Waals surface area contributed by atoms with E-state index in [1.807, 2.05) is 13.0 Å². The van der Waals surface area contributed by atoms with Crippen molar-refractivity contribution in [3.63, 3.8) is 0 Å². The number of aliphatic hydroxyl groups is 1. The van der Waals surface area contributed by atoms with Crippen LogP contribution < -0.4 is 10.6 Å². The number of carbonyl (C=O) groups is 2. The number of nitrogens with one attached hydrogen (secondary N) is 2. The maximum atomic E-state index is 11.6. The lowest BCUT2D eigenvalue weighted by atomic mass is 10.2. The van der Waals surface area contributed by atoms with E-state index in [0.29, 0.717) is 12.1 Å². The van der Waals surface area contributed by atoms with Crippen LogP contribution in [0.5, 0.6) is 0 Å². The van der Waals surface area contributed by atoms with Crippen LogP contribution in [0.2, 0.25) is 0 Å². The first-order valence-corrected chi connectivity index (χ1v) is 6.34. The summed E-state index contributed by atoms with van der Waals surface area (Å²) in [6, 6.07) is 6.54. The molecule has 0 saturated carbocycles. The zero-order valence-corrected chi connectivity index (χ0v) is 11.5. The molecule has 18 heavy (non-hydrogen) atoms. The molecule has 0 aromatic heterocycles. The highest BCUT2D eigenvalue weighted by molar-refractivity contribution is 9.10. The van der Waals surface area contributed by atoms with E-state index in [1.165, 1.54) is 0 Å². The van der Waals surface area contributed by atoms with Crippen LogP contribution in [0.4, 0.5) is 5.69 Å². The molecule has 3 N–H and O–H groups in total. The van der Waals surface area contributed by atoms with Gasteiger partial charge in [0.2, 0.25) is 0 Å². The summed E-state index contributed by atoms with van der Waals surface area (Å²) in [7, 11) is 0. The number of anilines is 1. The fraction of sp³-hybridized carbons (Fsp3) is 0.333. The van der Waals surface area contributed by atoms with E-state index in [-0.39, 0.29) is 6.61 Å². The van der Waals surface area contributed by atoms with Gasteiger partial charge in [-0.15, -0.1) is 0 Å². The summed E-state index contributed by atoms with van der Waals surface area (Å²) in [5.74, 6) is -1.50. The van der Waals surface area contributed by atoms with Gasteiger partial charge in [0.25, 0.3) is 0 Å². The quantitative estimate of drug-likeness (QED) is 0.732. The molecule has 1 aromatic carbocycles. The van der Waals surface area contributed by atoms with Gasteiger partial charge in [0, 0.05) is 10.2 Å². The number of rotatable bonds is 4. The molecule has 0 spiro atoms. The van der Waals surface area contributed by atoms with Crippen molar-refractivity contribution in [2.24, 2.45) is 0 Å². The molecule has 1 rings (SSSR count). The molecule has 0 heterocycles. The van der Waals surface area contributed by atoms with Crippen LogP contribution in [0, 0.1) is 0 Å². The van der Waals surface area contributed by atoms with Gasteiger partial charge in [-0.3, -0.25) is 9.59 Å². The lowest BCUT2D eigenvalue weighted by Crippen LogP contribution is -2.43. The monoisotopic (exact) mass is 314 g/mol. The minimum Gasteiger partial charge on any atom is -0.394 e. The van der Waals surface area contributed by atoms with Crippen LogP contribution >= 0.6 is 15.9 Å². The van der Waals surface area contributed by atoms with E-state index in [9.17, 15) is 9.59 Å². The van der Waals surface area contributed by atoms with Crippen molar-refractivity contribution >= 4 is 33.4 Å². The summed E-state index contributed by atoms with van der Waals surface area (Å²) in [6.07, 6.45) is 0.562. The SMILES string of the molecule is CC[C@@H](CO)NC(=O)C(=O)Nc1cccc(Br)c1. The Morgan fingerprint density at radius 3 is 2.67 bits per heavy atom. The number of aliphatic hydroxyl groups excluding tert-OH is 1. The zero-order valence-electron chi connectivity index (χ0n) is 9.94. The number of carbonyl (C=O) groups excluding carboxylic acids is 2. The first kappa shape index (κ1) is 14.7. The molecule has 2 amide bonds. The van der Waals surface area contributed by atoms with Gasteiger partial charge >= 0.3 is 11.8 Å². The number of hydrogen-bond acceptors (Lipinski definition) is 3. The van der Waals surface area contributed by atoms with Crippen molar-refractivity contribution in [2.45, 2.75) is 19.4 Å². The van der Waals surface area contributed by atoms with Gasteiger partial charge in [-0.2, -0.15) is 0 Å². The predicted molar refractivity (Wildman–Crippen MR) is 72.1 cm³/mol. The highest BCUT2D eigenvalue weighted by Crippen LogP contribution is 2.15. The van der Waals surface area contributed by atoms with Crippen molar-refractivity contribution in [3.8, 4) is 0 Å². The van der Waals surface area contributed by atoms with E-state index in [1.54, 1.807) is 18.2 Å². The maximum Gasteiger partial charge on any atom is 0.313 e. The fourth-order valence-electron chi connectivity index (χ4n) is 1.28. The van der Waals surface area contributed by atoms with Gasteiger partial charge in [0.15, 0.2) is 0 Å². The topological polar surface area (TPSA) is 78.4 Å². The third kappa shape index (κ3) is 4.46. The van der Waals surface area contributed by atoms with Crippen LogP contribution in [0.3, 0.4) is 0 Å². The average molecular weight is 315 g/mol. The largest absolute Gasteiger partial charge is 0.394 e. The molecule has 5 nitrogen and oxygen atoms in total. The Hall–Kier alpha value is -1.40. The van der Waals surface area contributed by atoms with Gasteiger partial charge in [-0.25, -0.2) is 0 Å². The van der Waals surface area contributed by atoms with Crippen molar-refractivity contribution in [1.29, 1.82) is 0 Å². The van der Waals surface area contributed by atoms with Gasteiger partial charge < -0.3 is 15.7 Å². The number of halogens is 1. The Bertz CT molecular complexity index is 433. The Morgan fingerprint density at radius 1 is 1.39 bits per heavy atom. The molecule has 6 heteroatoms. The molecule has 1 atom stereocenters. The summed E-state index contributed by atoms with van der Waals surface area (Å²) in [5.41, 5.74) is 0.529. The fourth-order valence-corrected chi connectivity index (χ4v) is 1.68. The maximum absolute atomic E-state index is 11.6. The van der Waals surface area contributed by atoms with E-state index in [2.05, 4.69) is 26.6 Å². The highest BCUT2D eigenvalue weighted by Gasteiger charge is 2.17. The lowest BCUT2D eigenvalue weighted by molar-refractivity contribution is -0.136. The van der Waals surface area contributed by atoms with Gasteiger partial charge in [-0.1, -0.05) is 28.9 Å². The molecule has 1 aromatic rings. The summed E-state index contributed by atoms with van der Waals surface area (Å²) in [4.78, 5) is 23.1. The molecule has 0 fully saturated rings. The zero-order chi connectivity index (χ0) is 13.5. The standard InChI is InChI=1S/C12H15BrN2O3/c1-2-9(7-16)14-11(17)12(18)15-10-5-3-4-8(13)6-10/h3-6,9,16H,2,7H2,1H3,(H,14,17)(H,15,18)/t9-/m0/s1. The molecular weight excluding hydrogens is 300 g/mol. The van der Waals surface area contributed by atoms with Crippen molar-refractivity contribution in [1.82, 2.24) is 5.32 Å². The molecule has 0 aliphatic heterocycles. The van der Waals surface area contributed by atoms with Gasteiger partial charge in [0.1, 0.15) is 0 Å². The highest BCUT2D eigenvalue weighted by atomic mass is 79.9. The van der Waals surface area contributed by atoms with E-state index in [0.717, 1.165) is 4.47 Å². The summed E-state index contributed by atoms with van der Waals surface area (Å²) in [5, 5.41) is 13.8. The smallest absolute Gasteiger partial charge is 0.313 e. The Labute approximate surface area is 114 Å². The van der Waals surface area contributed by atoms with Crippen LogP contribution in [-0.2, 0) is 9.59 Å². The second-order valence-corrected chi connectivity index (χ2v) is 4.64. The van der Waals surface area contributed by atoms with E-state index < -0.39 is 17.9 Å². The minimum absolute atomic E-state index is 0.188. The lowest BCUT2D eigenvalue weighted by Gasteiger charge is -2.13. The first-order chi connectivity index (χ1) is 8.56. The normalized spacial score (nSPS) is 11.7. The third-order valence-corrected chi connectivity index (χ3v) is 2.83. The van der Waals surface area contributed by atoms with Crippen molar-refractivity contribution in [3.05, 3.63) is 28.7 Å². The molecule has 0 aliphatic rings. The molecule has 0 radical (unpaired) electrons. The second kappa shape index (κ2) is 7.13. The molecule has 0 aliphatic carbocycles. The summed E-state index contributed by atoms with van der Waals surface area (Å²) >= 11 is 3.27. The predicted octanol–water partition coefficient (Wildman–Crippen LogP) is 1.27. The van der Waals surface area contributed by atoms with Crippen LogP contribution in [0.25, 0.3) is 0 Å². The number of benzene rings is 1. The first-order valence-electron chi connectivity index (χ1n) is 5.55. The van der Waals surface area contributed by atoms with E-state index in [4.69, 9.17) is 5.11 Å². The third-order valence-electron chi connectivity index (χ3n) is 2.34. The number of amides is 2. The molecule has 0 unspecified atom stereocenters. The summed E-state index contributed by atoms with van der Waals surface area (Å²) < 4.78 is 0.808. The molecule has 0 saturated heterocycles. The van der Waals surface area contributed by atoms with Crippen LogP contribution in [0.1, 0.15) is 13.3 Å². The Balaban J connectivity index is 2.57.